The highest BCUT2D eigenvalue weighted by Gasteiger charge is 2.14. The smallest absolute Gasteiger partial charge is 0.272 e. The quantitative estimate of drug-likeness (QED) is 0.805. The standard InChI is InChI=1S/C11H17N3O/c1-8(2)14(3)11(15)10-5-4-9(6-12)7-13-10/h4-5,7-8H,6,12H2,1-3H3. The number of nitrogens with zero attached hydrogens (tertiary/aromatic N) is 2. The van der Waals surface area contributed by atoms with Crippen molar-refractivity contribution in [3.05, 3.63) is 29.6 Å². The van der Waals surface area contributed by atoms with E-state index in [0.717, 1.165) is 5.56 Å². The third kappa shape index (κ3) is 2.76. The first-order valence-corrected chi connectivity index (χ1v) is 4.98. The number of rotatable bonds is 3. The van der Waals surface area contributed by atoms with Crippen LogP contribution >= 0.6 is 0 Å². The van der Waals surface area contributed by atoms with Crippen molar-refractivity contribution in [2.75, 3.05) is 7.05 Å². The molecule has 4 nitrogen and oxygen atoms in total. The van der Waals surface area contributed by atoms with Gasteiger partial charge in [-0.1, -0.05) is 6.07 Å². The van der Waals surface area contributed by atoms with E-state index in [1.807, 2.05) is 19.9 Å². The minimum atomic E-state index is -0.0615. The third-order valence-corrected chi connectivity index (χ3v) is 2.37. The lowest BCUT2D eigenvalue weighted by Gasteiger charge is -2.20. The van der Waals surface area contributed by atoms with E-state index in [2.05, 4.69) is 4.98 Å². The zero-order valence-corrected chi connectivity index (χ0v) is 9.40. The second-order valence-electron chi connectivity index (χ2n) is 3.77. The number of pyridine rings is 1. The molecule has 15 heavy (non-hydrogen) atoms. The first kappa shape index (κ1) is 11.7. The zero-order valence-electron chi connectivity index (χ0n) is 9.40. The second kappa shape index (κ2) is 4.89. The van der Waals surface area contributed by atoms with Crippen molar-refractivity contribution in [2.24, 2.45) is 5.73 Å². The molecule has 0 aliphatic heterocycles. The van der Waals surface area contributed by atoms with Crippen molar-refractivity contribution in [1.29, 1.82) is 0 Å². The van der Waals surface area contributed by atoms with Crippen LogP contribution in [0.1, 0.15) is 29.9 Å². The number of aromatic nitrogens is 1. The lowest BCUT2D eigenvalue weighted by Crippen LogP contribution is -2.33. The maximum absolute atomic E-state index is 11.8. The van der Waals surface area contributed by atoms with Crippen LogP contribution in [-0.4, -0.2) is 28.9 Å². The molecule has 0 aromatic carbocycles. The fraction of sp³-hybridized carbons (Fsp3) is 0.455. The maximum Gasteiger partial charge on any atom is 0.272 e. The van der Waals surface area contributed by atoms with E-state index in [-0.39, 0.29) is 11.9 Å². The van der Waals surface area contributed by atoms with Gasteiger partial charge in [-0.15, -0.1) is 0 Å². The molecular formula is C11H17N3O. The number of amides is 1. The Balaban J connectivity index is 2.83. The summed E-state index contributed by atoms with van der Waals surface area (Å²) in [6, 6.07) is 3.71. The van der Waals surface area contributed by atoms with Crippen LogP contribution < -0.4 is 5.73 Å². The number of hydrogen-bond donors (Lipinski definition) is 1. The van der Waals surface area contributed by atoms with Crippen molar-refractivity contribution < 1.29 is 4.79 Å². The Labute approximate surface area is 90.1 Å². The first-order valence-electron chi connectivity index (χ1n) is 4.98. The monoisotopic (exact) mass is 207 g/mol. The molecule has 0 saturated carbocycles. The van der Waals surface area contributed by atoms with Gasteiger partial charge in [-0.25, -0.2) is 0 Å². The van der Waals surface area contributed by atoms with Gasteiger partial charge in [0.25, 0.3) is 5.91 Å². The lowest BCUT2D eigenvalue weighted by molar-refractivity contribution is 0.0749. The van der Waals surface area contributed by atoms with Gasteiger partial charge in [0.15, 0.2) is 0 Å². The largest absolute Gasteiger partial charge is 0.338 e. The Bertz CT molecular complexity index is 332. The Morgan fingerprint density at radius 2 is 2.20 bits per heavy atom. The fourth-order valence-electron chi connectivity index (χ4n) is 1.09. The predicted octanol–water partition coefficient (Wildman–Crippen LogP) is 1.02. The van der Waals surface area contributed by atoms with Crippen LogP contribution in [0.25, 0.3) is 0 Å². The molecule has 0 bridgehead atoms. The number of carbonyl (C=O) groups is 1. The molecule has 82 valence electrons. The van der Waals surface area contributed by atoms with Crippen LogP contribution in [0, 0.1) is 0 Å². The average molecular weight is 207 g/mol. The molecule has 0 radical (unpaired) electrons. The van der Waals surface area contributed by atoms with E-state index in [9.17, 15) is 4.79 Å². The molecule has 1 rings (SSSR count). The molecule has 0 spiro atoms. The molecule has 0 fully saturated rings. The van der Waals surface area contributed by atoms with Gasteiger partial charge in [-0.2, -0.15) is 0 Å². The van der Waals surface area contributed by atoms with E-state index in [1.165, 1.54) is 0 Å². The molecule has 2 N–H and O–H groups in total. The van der Waals surface area contributed by atoms with E-state index < -0.39 is 0 Å². The Hall–Kier alpha value is -1.42. The van der Waals surface area contributed by atoms with Crippen LogP contribution in [-0.2, 0) is 6.54 Å². The fourth-order valence-corrected chi connectivity index (χ4v) is 1.09. The second-order valence-corrected chi connectivity index (χ2v) is 3.77. The molecule has 0 saturated heterocycles. The van der Waals surface area contributed by atoms with Gasteiger partial charge in [0.1, 0.15) is 5.69 Å². The molecule has 4 heteroatoms. The van der Waals surface area contributed by atoms with Crippen molar-refractivity contribution in [2.45, 2.75) is 26.4 Å². The normalized spacial score (nSPS) is 10.5. The van der Waals surface area contributed by atoms with Gasteiger partial charge in [-0.3, -0.25) is 9.78 Å². The van der Waals surface area contributed by atoms with E-state index in [0.29, 0.717) is 12.2 Å². The summed E-state index contributed by atoms with van der Waals surface area (Å²) in [6.07, 6.45) is 1.64. The summed E-state index contributed by atoms with van der Waals surface area (Å²) < 4.78 is 0. The Morgan fingerprint density at radius 1 is 1.53 bits per heavy atom. The summed E-state index contributed by atoms with van der Waals surface area (Å²) >= 11 is 0. The molecule has 1 heterocycles. The van der Waals surface area contributed by atoms with Gasteiger partial charge in [0, 0.05) is 25.8 Å². The molecule has 0 aliphatic carbocycles. The van der Waals surface area contributed by atoms with Crippen LogP contribution in [0.15, 0.2) is 18.3 Å². The summed E-state index contributed by atoms with van der Waals surface area (Å²) in [4.78, 5) is 17.6. The summed E-state index contributed by atoms with van der Waals surface area (Å²) in [6.45, 7) is 4.37. The van der Waals surface area contributed by atoms with Crippen LogP contribution in [0.2, 0.25) is 0 Å². The van der Waals surface area contributed by atoms with E-state index in [1.54, 1.807) is 24.2 Å². The molecular weight excluding hydrogens is 190 g/mol. The van der Waals surface area contributed by atoms with Gasteiger partial charge in [0.05, 0.1) is 0 Å². The summed E-state index contributed by atoms with van der Waals surface area (Å²) in [5, 5.41) is 0. The highest BCUT2D eigenvalue weighted by Crippen LogP contribution is 2.05. The number of hydrogen-bond acceptors (Lipinski definition) is 3. The number of nitrogens with two attached hydrogens (primary N) is 1. The summed E-state index contributed by atoms with van der Waals surface area (Å²) in [5.74, 6) is -0.0615. The third-order valence-electron chi connectivity index (χ3n) is 2.37. The van der Waals surface area contributed by atoms with Gasteiger partial charge in [0.2, 0.25) is 0 Å². The lowest BCUT2D eigenvalue weighted by atomic mass is 10.2. The molecule has 1 aromatic rings. The topological polar surface area (TPSA) is 59.2 Å². The highest BCUT2D eigenvalue weighted by atomic mass is 16.2. The van der Waals surface area contributed by atoms with Crippen LogP contribution in [0.5, 0.6) is 0 Å². The molecule has 1 amide bonds. The minimum absolute atomic E-state index is 0.0615. The predicted molar refractivity (Wildman–Crippen MR) is 59.4 cm³/mol. The molecule has 0 aliphatic rings. The van der Waals surface area contributed by atoms with Crippen molar-refractivity contribution in [1.82, 2.24) is 9.88 Å². The molecule has 1 aromatic heterocycles. The Kier molecular flexibility index (Phi) is 3.80. The first-order chi connectivity index (χ1) is 7.06. The minimum Gasteiger partial charge on any atom is -0.338 e. The van der Waals surface area contributed by atoms with Crippen molar-refractivity contribution in [3.8, 4) is 0 Å². The van der Waals surface area contributed by atoms with Crippen LogP contribution in [0.3, 0.4) is 0 Å². The average Bonchev–Trinajstić information content (AvgIpc) is 2.27. The summed E-state index contributed by atoms with van der Waals surface area (Å²) in [7, 11) is 1.77. The van der Waals surface area contributed by atoms with Gasteiger partial charge in [-0.05, 0) is 25.5 Å². The Morgan fingerprint density at radius 3 is 2.60 bits per heavy atom. The molecule has 0 unspecified atom stereocenters. The van der Waals surface area contributed by atoms with Gasteiger partial charge >= 0.3 is 0 Å². The van der Waals surface area contributed by atoms with E-state index >= 15 is 0 Å². The molecule has 0 atom stereocenters. The van der Waals surface area contributed by atoms with Gasteiger partial charge < -0.3 is 10.6 Å². The SMILES string of the molecule is CC(C)N(C)C(=O)c1ccc(CN)cn1. The zero-order chi connectivity index (χ0) is 11.4. The van der Waals surface area contributed by atoms with Crippen molar-refractivity contribution >= 4 is 5.91 Å². The number of carbonyl (C=O) groups excluding carboxylic acids is 1. The van der Waals surface area contributed by atoms with Crippen molar-refractivity contribution in [3.63, 3.8) is 0 Å². The summed E-state index contributed by atoms with van der Waals surface area (Å²) in [5.41, 5.74) is 6.84. The highest BCUT2D eigenvalue weighted by molar-refractivity contribution is 5.92. The van der Waals surface area contributed by atoms with Crippen LogP contribution in [0.4, 0.5) is 0 Å². The maximum atomic E-state index is 11.8. The van der Waals surface area contributed by atoms with E-state index in [4.69, 9.17) is 5.73 Å².